The number of likely N-dealkylation sites (tertiary alicyclic amines) is 1. The van der Waals surface area contributed by atoms with Crippen LogP contribution < -0.4 is 14.4 Å². The number of benzene rings is 2. The van der Waals surface area contributed by atoms with E-state index >= 15 is 0 Å². The third kappa shape index (κ3) is 5.46. The van der Waals surface area contributed by atoms with E-state index in [4.69, 9.17) is 9.47 Å². The van der Waals surface area contributed by atoms with E-state index in [-0.39, 0.29) is 11.9 Å². The predicted octanol–water partition coefficient (Wildman–Crippen LogP) is 4.76. The minimum Gasteiger partial charge on any atom is -0.496 e. The molecule has 30 heavy (non-hydrogen) atoms. The van der Waals surface area contributed by atoms with Crippen LogP contribution in [-0.2, 0) is 11.2 Å². The van der Waals surface area contributed by atoms with Crippen LogP contribution in [0, 0.1) is 3.57 Å². The Labute approximate surface area is 193 Å². The quantitative estimate of drug-likeness (QED) is 0.469. The fourth-order valence-corrected chi connectivity index (χ4v) is 4.77. The van der Waals surface area contributed by atoms with Gasteiger partial charge < -0.3 is 19.3 Å². The Morgan fingerprint density at radius 3 is 2.37 bits per heavy atom. The van der Waals surface area contributed by atoms with Crippen molar-refractivity contribution in [3.05, 3.63) is 51.6 Å². The number of ether oxygens (including phenoxy) is 2. The topological polar surface area (TPSA) is 42.0 Å². The Morgan fingerprint density at radius 2 is 1.77 bits per heavy atom. The van der Waals surface area contributed by atoms with E-state index in [1.54, 1.807) is 14.2 Å². The maximum absolute atomic E-state index is 12.6. The Hall–Kier alpha value is -1.80. The summed E-state index contributed by atoms with van der Waals surface area (Å²) in [7, 11) is 3.42. The summed E-state index contributed by atoms with van der Waals surface area (Å²) in [4.78, 5) is 17.2. The predicted molar refractivity (Wildman–Crippen MR) is 130 cm³/mol. The largest absolute Gasteiger partial charge is 0.496 e. The highest BCUT2D eigenvalue weighted by Gasteiger charge is 2.28. The lowest BCUT2D eigenvalue weighted by Crippen LogP contribution is -2.47. The van der Waals surface area contributed by atoms with Crippen molar-refractivity contribution < 1.29 is 14.3 Å². The second-order valence-corrected chi connectivity index (χ2v) is 8.74. The van der Waals surface area contributed by atoms with E-state index in [9.17, 15) is 4.79 Å². The molecule has 1 fully saturated rings. The number of halogens is 1. The van der Waals surface area contributed by atoms with Crippen LogP contribution in [0.1, 0.15) is 31.7 Å². The summed E-state index contributed by atoms with van der Waals surface area (Å²) in [6.07, 6.45) is 3.43. The highest BCUT2D eigenvalue weighted by atomic mass is 127. The minimum absolute atomic E-state index is 0.204. The Kier molecular flexibility index (Phi) is 8.39. The third-order valence-electron chi connectivity index (χ3n) is 5.78. The minimum atomic E-state index is 0.204. The maximum Gasteiger partial charge on any atom is 0.226 e. The molecule has 6 heteroatoms. The van der Waals surface area contributed by atoms with Crippen molar-refractivity contribution in [2.75, 3.05) is 38.8 Å². The van der Waals surface area contributed by atoms with E-state index in [2.05, 4.69) is 33.6 Å². The summed E-state index contributed by atoms with van der Waals surface area (Å²) in [6, 6.07) is 14.5. The van der Waals surface area contributed by atoms with Crippen LogP contribution in [0.15, 0.2) is 42.5 Å². The van der Waals surface area contributed by atoms with Crippen LogP contribution in [-0.4, -0.2) is 50.7 Å². The van der Waals surface area contributed by atoms with Gasteiger partial charge in [-0.05, 0) is 71.7 Å². The van der Waals surface area contributed by atoms with Crippen molar-refractivity contribution in [1.82, 2.24) is 4.90 Å². The number of piperidine rings is 1. The molecule has 0 spiro atoms. The van der Waals surface area contributed by atoms with E-state index in [0.717, 1.165) is 59.7 Å². The lowest BCUT2D eigenvalue weighted by molar-refractivity contribution is -0.119. The van der Waals surface area contributed by atoms with Gasteiger partial charge in [0.15, 0.2) is 0 Å². The van der Waals surface area contributed by atoms with Crippen LogP contribution in [0.25, 0.3) is 0 Å². The first-order valence-corrected chi connectivity index (χ1v) is 11.6. The fraction of sp³-hybridized carbons (Fsp3) is 0.458. The fourth-order valence-electron chi connectivity index (χ4n) is 4.12. The summed E-state index contributed by atoms with van der Waals surface area (Å²) in [5.41, 5.74) is 2.18. The first-order valence-electron chi connectivity index (χ1n) is 10.6. The van der Waals surface area contributed by atoms with Gasteiger partial charge in [-0.25, -0.2) is 0 Å². The second-order valence-electron chi connectivity index (χ2n) is 7.57. The zero-order valence-corrected chi connectivity index (χ0v) is 20.2. The first-order chi connectivity index (χ1) is 14.6. The van der Waals surface area contributed by atoms with Gasteiger partial charge in [-0.15, -0.1) is 0 Å². The molecular weight excluding hydrogens is 491 g/mol. The van der Waals surface area contributed by atoms with E-state index in [1.807, 2.05) is 48.2 Å². The number of anilines is 1. The van der Waals surface area contributed by atoms with Gasteiger partial charge in [-0.3, -0.25) is 4.79 Å². The first kappa shape index (κ1) is 22.9. The molecule has 0 saturated carbocycles. The zero-order valence-electron chi connectivity index (χ0n) is 18.1. The van der Waals surface area contributed by atoms with Crippen molar-refractivity contribution in [3.63, 3.8) is 0 Å². The van der Waals surface area contributed by atoms with E-state index in [0.29, 0.717) is 6.42 Å². The Morgan fingerprint density at radius 1 is 1.10 bits per heavy atom. The molecule has 1 heterocycles. The zero-order chi connectivity index (χ0) is 21.5. The number of amides is 1. The molecule has 0 atom stereocenters. The molecule has 3 rings (SSSR count). The van der Waals surface area contributed by atoms with Crippen molar-refractivity contribution >= 4 is 34.2 Å². The molecule has 2 aromatic rings. The molecule has 0 unspecified atom stereocenters. The van der Waals surface area contributed by atoms with Crippen molar-refractivity contribution in [1.29, 1.82) is 0 Å². The summed E-state index contributed by atoms with van der Waals surface area (Å²) in [5, 5.41) is 0. The molecule has 162 valence electrons. The molecular formula is C24H31IN2O3. The van der Waals surface area contributed by atoms with Crippen LogP contribution in [0.2, 0.25) is 0 Å². The smallest absolute Gasteiger partial charge is 0.226 e. The van der Waals surface area contributed by atoms with Crippen molar-refractivity contribution in [2.24, 2.45) is 0 Å². The normalized spacial score (nSPS) is 15.1. The lowest BCUT2D eigenvalue weighted by Gasteiger charge is -2.38. The number of carbonyl (C=O) groups is 1. The number of hydrogen-bond donors (Lipinski definition) is 0. The van der Waals surface area contributed by atoms with Gasteiger partial charge in [-0.1, -0.05) is 25.1 Å². The molecule has 0 N–H and O–H groups in total. The van der Waals surface area contributed by atoms with E-state index in [1.165, 1.54) is 5.56 Å². The lowest BCUT2D eigenvalue weighted by atomic mass is 10.0. The van der Waals surface area contributed by atoms with Crippen LogP contribution >= 0.6 is 22.6 Å². The van der Waals surface area contributed by atoms with Gasteiger partial charge in [-0.2, -0.15) is 0 Å². The van der Waals surface area contributed by atoms with Crippen LogP contribution in [0.5, 0.6) is 11.5 Å². The molecule has 0 aliphatic carbocycles. The number of nitrogens with zero attached hydrogens (tertiary/aromatic N) is 2. The van der Waals surface area contributed by atoms with Gasteiger partial charge in [0.05, 0.1) is 17.8 Å². The van der Waals surface area contributed by atoms with Gasteiger partial charge in [0, 0.05) is 37.8 Å². The molecule has 0 aromatic heterocycles. The summed E-state index contributed by atoms with van der Waals surface area (Å²) in [6.45, 7) is 4.90. The molecule has 0 radical (unpaired) electrons. The number of methoxy groups -OCH3 is 2. The number of carbonyl (C=O) groups excluding carboxylic acids is 1. The molecule has 5 nitrogen and oxygen atoms in total. The molecule has 1 aliphatic heterocycles. The Bertz CT molecular complexity index is 836. The second kappa shape index (κ2) is 11.0. The van der Waals surface area contributed by atoms with Gasteiger partial charge in [0.25, 0.3) is 0 Å². The van der Waals surface area contributed by atoms with Crippen LogP contribution in [0.3, 0.4) is 0 Å². The maximum atomic E-state index is 12.6. The highest BCUT2D eigenvalue weighted by Crippen LogP contribution is 2.31. The summed E-state index contributed by atoms with van der Waals surface area (Å²) < 4.78 is 12.1. The molecule has 1 aliphatic rings. The number of para-hydroxylation sites is 1. The monoisotopic (exact) mass is 522 g/mol. The molecule has 1 amide bonds. The standard InChI is InChI=1S/C24H31IN2O3/c1-4-24(28)27(19-8-6-5-7-9-19)20-11-14-26(15-12-20)13-10-18-16-23(30-3)21(25)17-22(18)29-2/h5-9,16-17,20H,4,10-15H2,1-3H3. The number of hydrogen-bond acceptors (Lipinski definition) is 4. The van der Waals surface area contributed by atoms with Crippen LogP contribution in [0.4, 0.5) is 5.69 Å². The molecule has 0 bridgehead atoms. The van der Waals surface area contributed by atoms with Crippen molar-refractivity contribution in [3.8, 4) is 11.5 Å². The molecule has 2 aromatic carbocycles. The van der Waals surface area contributed by atoms with Gasteiger partial charge in [0.2, 0.25) is 5.91 Å². The van der Waals surface area contributed by atoms with Crippen molar-refractivity contribution in [2.45, 2.75) is 38.6 Å². The van der Waals surface area contributed by atoms with Gasteiger partial charge in [0.1, 0.15) is 11.5 Å². The molecule has 1 saturated heterocycles. The van der Waals surface area contributed by atoms with Gasteiger partial charge >= 0.3 is 0 Å². The highest BCUT2D eigenvalue weighted by molar-refractivity contribution is 14.1. The summed E-state index contributed by atoms with van der Waals surface area (Å²) in [5.74, 6) is 2.01. The number of rotatable bonds is 8. The average molecular weight is 522 g/mol. The SMILES string of the molecule is CCC(=O)N(c1ccccc1)C1CCN(CCc2cc(OC)c(I)cc2OC)CC1. The summed E-state index contributed by atoms with van der Waals surface area (Å²) >= 11 is 2.27. The third-order valence-corrected chi connectivity index (χ3v) is 6.62. The Balaban J connectivity index is 1.61. The van der Waals surface area contributed by atoms with E-state index < -0.39 is 0 Å². The average Bonchev–Trinajstić information content (AvgIpc) is 2.79.